The zero-order valence-electron chi connectivity index (χ0n) is 7.94. The molecule has 4 nitrogen and oxygen atoms in total. The number of likely N-dealkylation sites (N-methyl/N-ethyl adjacent to an activating group) is 2. The summed E-state index contributed by atoms with van der Waals surface area (Å²) in [6, 6.07) is 3.45. The number of nitriles is 2. The third-order valence-electron chi connectivity index (χ3n) is 1.68. The number of nitrogens with zero attached hydrogens (tertiary/aromatic N) is 4. The average Bonchev–Trinajstić information content (AvgIpc) is 1.98. The predicted octanol–water partition coefficient (Wildman–Crippen LogP) is -0.106. The molecule has 0 fully saturated rings. The molecule has 0 saturated heterocycles. The molecular formula is C8H14N4. The van der Waals surface area contributed by atoms with E-state index in [4.69, 9.17) is 10.5 Å². The van der Waals surface area contributed by atoms with Crippen molar-refractivity contribution in [1.82, 2.24) is 9.80 Å². The van der Waals surface area contributed by atoms with Gasteiger partial charge in [0.2, 0.25) is 0 Å². The lowest BCUT2D eigenvalue weighted by Gasteiger charge is -2.26. The number of hydrogen-bond acceptors (Lipinski definition) is 4. The highest BCUT2D eigenvalue weighted by molar-refractivity contribution is 5.08. The Morgan fingerprint density at radius 1 is 0.833 bits per heavy atom. The van der Waals surface area contributed by atoms with E-state index in [1.54, 1.807) is 38.0 Å². The maximum Gasteiger partial charge on any atom is 0.126 e. The number of hydrogen-bond donors (Lipinski definition) is 0. The molecule has 0 unspecified atom stereocenters. The van der Waals surface area contributed by atoms with Crippen LogP contribution >= 0.6 is 0 Å². The zero-order chi connectivity index (χ0) is 9.72. The van der Waals surface area contributed by atoms with Gasteiger partial charge in [-0.2, -0.15) is 10.5 Å². The highest BCUT2D eigenvalue weighted by Crippen LogP contribution is 2.03. The summed E-state index contributed by atoms with van der Waals surface area (Å²) in [6.45, 7) is 0. The van der Waals surface area contributed by atoms with Crippen LogP contribution in [-0.4, -0.2) is 50.1 Å². The van der Waals surface area contributed by atoms with E-state index in [1.807, 2.05) is 0 Å². The standard InChI is InChI=1S/C8H14N4/c1-11(2)7(5-9)8(6-10)12(3)4/h7-8H,1-4H3/t7-,8-/m1/s1. The van der Waals surface area contributed by atoms with Crippen molar-refractivity contribution in [2.45, 2.75) is 12.1 Å². The Balaban J connectivity index is 4.51. The van der Waals surface area contributed by atoms with E-state index in [9.17, 15) is 0 Å². The van der Waals surface area contributed by atoms with Crippen LogP contribution in [0.2, 0.25) is 0 Å². The molecule has 0 heterocycles. The van der Waals surface area contributed by atoms with Gasteiger partial charge in [-0.05, 0) is 28.2 Å². The maximum absolute atomic E-state index is 8.78. The van der Waals surface area contributed by atoms with Gasteiger partial charge in [-0.3, -0.25) is 9.80 Å². The molecule has 0 radical (unpaired) electrons. The molecule has 0 aromatic rings. The van der Waals surface area contributed by atoms with Crippen LogP contribution in [0, 0.1) is 22.7 Å². The Bertz CT molecular complexity index is 184. The molecule has 66 valence electrons. The average molecular weight is 166 g/mol. The summed E-state index contributed by atoms with van der Waals surface area (Å²) in [5.41, 5.74) is 0. The minimum Gasteiger partial charge on any atom is -0.292 e. The molecule has 0 rings (SSSR count). The van der Waals surface area contributed by atoms with Crippen LogP contribution in [0.1, 0.15) is 0 Å². The summed E-state index contributed by atoms with van der Waals surface area (Å²) in [5, 5.41) is 17.6. The first-order valence-corrected chi connectivity index (χ1v) is 3.66. The lowest BCUT2D eigenvalue weighted by molar-refractivity contribution is 0.226. The Morgan fingerprint density at radius 2 is 1.08 bits per heavy atom. The Morgan fingerprint density at radius 3 is 1.17 bits per heavy atom. The van der Waals surface area contributed by atoms with Gasteiger partial charge in [0.05, 0.1) is 12.1 Å². The normalized spacial score (nSPS) is 15.3. The van der Waals surface area contributed by atoms with E-state index in [2.05, 4.69) is 12.1 Å². The third-order valence-corrected chi connectivity index (χ3v) is 1.68. The topological polar surface area (TPSA) is 54.1 Å². The summed E-state index contributed by atoms with van der Waals surface area (Å²) in [4.78, 5) is 3.49. The molecule has 0 N–H and O–H groups in total. The predicted molar refractivity (Wildman–Crippen MR) is 46.2 cm³/mol. The van der Waals surface area contributed by atoms with Crippen LogP contribution < -0.4 is 0 Å². The lowest BCUT2D eigenvalue weighted by Crippen LogP contribution is -2.45. The zero-order valence-corrected chi connectivity index (χ0v) is 7.94. The smallest absolute Gasteiger partial charge is 0.126 e. The fourth-order valence-electron chi connectivity index (χ4n) is 0.937. The van der Waals surface area contributed by atoms with Crippen molar-refractivity contribution in [2.24, 2.45) is 0 Å². The van der Waals surface area contributed by atoms with E-state index in [-0.39, 0.29) is 12.1 Å². The minimum atomic E-state index is -0.370. The van der Waals surface area contributed by atoms with Crippen molar-refractivity contribution in [3.05, 3.63) is 0 Å². The summed E-state index contributed by atoms with van der Waals surface area (Å²) in [5.74, 6) is 0. The molecule has 4 heteroatoms. The molecule has 0 bridgehead atoms. The molecular weight excluding hydrogens is 152 g/mol. The first kappa shape index (κ1) is 10.9. The van der Waals surface area contributed by atoms with E-state index in [1.165, 1.54) is 0 Å². The summed E-state index contributed by atoms with van der Waals surface area (Å²) in [7, 11) is 7.17. The quantitative estimate of drug-likeness (QED) is 0.587. The molecule has 0 aromatic carbocycles. The molecule has 0 saturated carbocycles. The minimum absolute atomic E-state index is 0.370. The molecule has 12 heavy (non-hydrogen) atoms. The van der Waals surface area contributed by atoms with Gasteiger partial charge in [0.15, 0.2) is 0 Å². The van der Waals surface area contributed by atoms with E-state index >= 15 is 0 Å². The van der Waals surface area contributed by atoms with Crippen LogP contribution in [0.25, 0.3) is 0 Å². The van der Waals surface area contributed by atoms with Crippen molar-refractivity contribution in [2.75, 3.05) is 28.2 Å². The summed E-state index contributed by atoms with van der Waals surface area (Å²) in [6.07, 6.45) is 0. The molecule has 2 atom stereocenters. The molecule has 0 amide bonds. The van der Waals surface area contributed by atoms with Gasteiger partial charge in [-0.1, -0.05) is 0 Å². The van der Waals surface area contributed by atoms with Gasteiger partial charge in [-0.25, -0.2) is 0 Å². The van der Waals surface area contributed by atoms with Gasteiger partial charge >= 0.3 is 0 Å². The van der Waals surface area contributed by atoms with E-state index in [0.29, 0.717) is 0 Å². The Hall–Kier alpha value is -1.10. The van der Waals surface area contributed by atoms with Crippen LogP contribution in [0.5, 0.6) is 0 Å². The first-order valence-electron chi connectivity index (χ1n) is 3.66. The van der Waals surface area contributed by atoms with Gasteiger partial charge in [0.1, 0.15) is 12.1 Å². The second kappa shape index (κ2) is 4.71. The van der Waals surface area contributed by atoms with Crippen molar-refractivity contribution in [3.8, 4) is 12.1 Å². The lowest BCUT2D eigenvalue weighted by atomic mass is 10.1. The SMILES string of the molecule is CN(C)[C@H](C#N)[C@@H](C#N)N(C)C. The van der Waals surface area contributed by atoms with E-state index < -0.39 is 0 Å². The highest BCUT2D eigenvalue weighted by Gasteiger charge is 2.24. The van der Waals surface area contributed by atoms with E-state index in [0.717, 1.165) is 0 Å². The van der Waals surface area contributed by atoms with Crippen molar-refractivity contribution < 1.29 is 0 Å². The first-order chi connectivity index (χ1) is 5.54. The van der Waals surface area contributed by atoms with Crippen molar-refractivity contribution in [1.29, 1.82) is 10.5 Å². The molecule has 0 aromatic heterocycles. The second-order valence-electron chi connectivity index (χ2n) is 3.08. The van der Waals surface area contributed by atoms with Crippen LogP contribution in [0.4, 0.5) is 0 Å². The van der Waals surface area contributed by atoms with Crippen molar-refractivity contribution >= 4 is 0 Å². The van der Waals surface area contributed by atoms with Crippen LogP contribution in [0.3, 0.4) is 0 Å². The van der Waals surface area contributed by atoms with Gasteiger partial charge < -0.3 is 0 Å². The van der Waals surface area contributed by atoms with Gasteiger partial charge in [0, 0.05) is 0 Å². The van der Waals surface area contributed by atoms with Gasteiger partial charge in [-0.15, -0.1) is 0 Å². The Kier molecular flexibility index (Phi) is 4.28. The summed E-state index contributed by atoms with van der Waals surface area (Å²) >= 11 is 0. The maximum atomic E-state index is 8.78. The third kappa shape index (κ3) is 2.50. The molecule has 0 aliphatic heterocycles. The molecule has 0 aliphatic carbocycles. The highest BCUT2D eigenvalue weighted by atomic mass is 15.2. The second-order valence-corrected chi connectivity index (χ2v) is 3.08. The Labute approximate surface area is 73.6 Å². The fraction of sp³-hybridized carbons (Fsp3) is 0.750. The largest absolute Gasteiger partial charge is 0.292 e. The summed E-state index contributed by atoms with van der Waals surface area (Å²) < 4.78 is 0. The van der Waals surface area contributed by atoms with Crippen molar-refractivity contribution in [3.63, 3.8) is 0 Å². The van der Waals surface area contributed by atoms with Crippen LogP contribution in [0.15, 0.2) is 0 Å². The van der Waals surface area contributed by atoms with Gasteiger partial charge in [0.25, 0.3) is 0 Å². The molecule has 0 spiro atoms. The van der Waals surface area contributed by atoms with Crippen LogP contribution in [-0.2, 0) is 0 Å². The molecule has 0 aliphatic rings. The monoisotopic (exact) mass is 166 g/mol. The fourth-order valence-corrected chi connectivity index (χ4v) is 0.937. The number of rotatable bonds is 3.